The second-order valence-electron chi connectivity index (χ2n) is 10.3. The molecule has 5 rings (SSSR count). The lowest BCUT2D eigenvalue weighted by molar-refractivity contribution is 0.408. The molecule has 0 amide bonds. The molecule has 3 heteroatoms. The fourth-order valence-corrected chi connectivity index (χ4v) is 6.53. The van der Waals surface area contributed by atoms with E-state index in [2.05, 4.69) is 24.3 Å². The second kappa shape index (κ2) is 10.1. The lowest BCUT2D eigenvalue weighted by atomic mass is 9.72. The van der Waals surface area contributed by atoms with Crippen molar-refractivity contribution in [1.82, 2.24) is 0 Å². The Morgan fingerprint density at radius 1 is 0.588 bits per heavy atom. The third-order valence-corrected chi connectivity index (χ3v) is 8.15. The lowest BCUT2D eigenvalue weighted by Crippen LogP contribution is -2.15. The number of hydrogen-bond donors (Lipinski definition) is 3. The van der Waals surface area contributed by atoms with Gasteiger partial charge in [-0.1, -0.05) is 74.9 Å². The molecule has 2 fully saturated rings. The van der Waals surface area contributed by atoms with Gasteiger partial charge < -0.3 is 15.9 Å². The highest BCUT2D eigenvalue weighted by Gasteiger charge is 2.31. The van der Waals surface area contributed by atoms with Crippen molar-refractivity contribution in [3.8, 4) is 11.5 Å². The van der Waals surface area contributed by atoms with Crippen LogP contribution in [0.2, 0.25) is 0 Å². The minimum Gasteiger partial charge on any atom is -0.508 e. The fourth-order valence-electron chi connectivity index (χ4n) is 6.53. The van der Waals surface area contributed by atoms with E-state index in [1.807, 2.05) is 36.4 Å². The number of hydrogen-bond acceptors (Lipinski definition) is 3. The van der Waals surface area contributed by atoms with E-state index in [-0.39, 0.29) is 5.92 Å². The molecule has 0 aliphatic heterocycles. The highest BCUT2D eigenvalue weighted by Crippen LogP contribution is 2.48. The highest BCUT2D eigenvalue weighted by atomic mass is 16.3. The summed E-state index contributed by atoms with van der Waals surface area (Å²) in [7, 11) is 0. The van der Waals surface area contributed by atoms with Gasteiger partial charge in [0, 0.05) is 22.7 Å². The maximum Gasteiger partial charge on any atom is 0.119 e. The van der Waals surface area contributed by atoms with Gasteiger partial charge >= 0.3 is 0 Å². The smallest absolute Gasteiger partial charge is 0.119 e. The van der Waals surface area contributed by atoms with Gasteiger partial charge in [-0.2, -0.15) is 0 Å². The van der Waals surface area contributed by atoms with Gasteiger partial charge in [-0.15, -0.1) is 0 Å². The first kappa shape index (κ1) is 22.8. The van der Waals surface area contributed by atoms with Crippen LogP contribution < -0.4 is 5.73 Å². The van der Waals surface area contributed by atoms with Gasteiger partial charge in [0.15, 0.2) is 0 Å². The predicted molar refractivity (Wildman–Crippen MR) is 140 cm³/mol. The Bertz CT molecular complexity index is 1040. The minimum atomic E-state index is -0.0614. The number of phenols is 2. The summed E-state index contributed by atoms with van der Waals surface area (Å²) in [5.74, 6) is 1.50. The Morgan fingerprint density at radius 3 is 1.47 bits per heavy atom. The SMILES string of the molecule is Nc1ccc(C(c2cccc(O)c2C2CCCCC2)c2cccc(O)c2C2CCCCC2)cc1. The summed E-state index contributed by atoms with van der Waals surface area (Å²) in [6.07, 6.45) is 11.9. The summed E-state index contributed by atoms with van der Waals surface area (Å²) in [6.45, 7) is 0. The zero-order chi connectivity index (χ0) is 23.5. The number of nitrogens with two attached hydrogens (primary N) is 1. The first-order valence-electron chi connectivity index (χ1n) is 13.1. The van der Waals surface area contributed by atoms with Crippen molar-refractivity contribution in [2.45, 2.75) is 82.0 Å². The Labute approximate surface area is 203 Å². The molecule has 0 heterocycles. The van der Waals surface area contributed by atoms with Crippen LogP contribution in [0.1, 0.15) is 110 Å². The molecule has 0 radical (unpaired) electrons. The Hall–Kier alpha value is -2.94. The van der Waals surface area contributed by atoms with E-state index in [4.69, 9.17) is 5.73 Å². The lowest BCUT2D eigenvalue weighted by Gasteiger charge is -2.32. The number of phenolic OH excluding ortho intramolecular Hbond substituents is 2. The molecular formula is C31H37NO2. The van der Waals surface area contributed by atoms with Gasteiger partial charge in [-0.3, -0.25) is 0 Å². The molecule has 4 N–H and O–H groups in total. The van der Waals surface area contributed by atoms with Gasteiger partial charge in [0.25, 0.3) is 0 Å². The van der Waals surface area contributed by atoms with Crippen molar-refractivity contribution >= 4 is 5.69 Å². The molecule has 3 aromatic carbocycles. The maximum absolute atomic E-state index is 11.1. The van der Waals surface area contributed by atoms with E-state index in [9.17, 15) is 10.2 Å². The molecule has 0 saturated heterocycles. The zero-order valence-corrected chi connectivity index (χ0v) is 20.0. The molecular weight excluding hydrogens is 418 g/mol. The molecule has 0 bridgehead atoms. The van der Waals surface area contributed by atoms with Crippen LogP contribution in [0.15, 0.2) is 60.7 Å². The minimum absolute atomic E-state index is 0.0614. The van der Waals surface area contributed by atoms with E-state index < -0.39 is 0 Å². The summed E-state index contributed by atoms with van der Waals surface area (Å²) in [5, 5.41) is 22.3. The van der Waals surface area contributed by atoms with E-state index in [1.165, 1.54) is 49.7 Å². The third-order valence-electron chi connectivity index (χ3n) is 8.15. The molecule has 2 aliphatic rings. The van der Waals surface area contributed by atoms with Crippen LogP contribution in [-0.2, 0) is 0 Å². The van der Waals surface area contributed by atoms with E-state index >= 15 is 0 Å². The molecule has 2 saturated carbocycles. The van der Waals surface area contributed by atoms with Crippen molar-refractivity contribution in [1.29, 1.82) is 0 Å². The Kier molecular flexibility index (Phi) is 6.80. The van der Waals surface area contributed by atoms with Crippen molar-refractivity contribution in [3.63, 3.8) is 0 Å². The van der Waals surface area contributed by atoms with Gasteiger partial charge in [-0.25, -0.2) is 0 Å². The first-order valence-corrected chi connectivity index (χ1v) is 13.1. The summed E-state index contributed by atoms with van der Waals surface area (Å²) in [5.41, 5.74) is 12.5. The summed E-state index contributed by atoms with van der Waals surface area (Å²) in [4.78, 5) is 0. The zero-order valence-electron chi connectivity index (χ0n) is 20.0. The molecule has 0 atom stereocenters. The second-order valence-corrected chi connectivity index (χ2v) is 10.3. The van der Waals surface area contributed by atoms with Crippen LogP contribution in [0, 0.1) is 0 Å². The molecule has 34 heavy (non-hydrogen) atoms. The molecule has 0 aromatic heterocycles. The van der Waals surface area contributed by atoms with E-state index in [0.717, 1.165) is 48.1 Å². The Morgan fingerprint density at radius 2 is 1.03 bits per heavy atom. The van der Waals surface area contributed by atoms with Crippen molar-refractivity contribution in [2.24, 2.45) is 0 Å². The van der Waals surface area contributed by atoms with Crippen LogP contribution >= 0.6 is 0 Å². The Balaban J connectivity index is 1.72. The van der Waals surface area contributed by atoms with Crippen molar-refractivity contribution in [3.05, 3.63) is 88.5 Å². The number of aromatic hydroxyl groups is 2. The van der Waals surface area contributed by atoms with Gasteiger partial charge in [0.1, 0.15) is 11.5 Å². The molecule has 0 unspecified atom stereocenters. The van der Waals surface area contributed by atoms with Crippen LogP contribution in [0.25, 0.3) is 0 Å². The average Bonchev–Trinajstić information content (AvgIpc) is 2.87. The molecule has 3 nitrogen and oxygen atoms in total. The molecule has 0 spiro atoms. The average molecular weight is 456 g/mol. The van der Waals surface area contributed by atoms with E-state index in [1.54, 1.807) is 0 Å². The first-order chi connectivity index (χ1) is 16.6. The number of anilines is 1. The molecule has 2 aliphatic carbocycles. The quantitative estimate of drug-likeness (QED) is 0.270. The maximum atomic E-state index is 11.1. The topological polar surface area (TPSA) is 66.5 Å². The van der Waals surface area contributed by atoms with Crippen LogP contribution in [0.4, 0.5) is 5.69 Å². The summed E-state index contributed by atoms with van der Waals surface area (Å²) >= 11 is 0. The fraction of sp³-hybridized carbons (Fsp3) is 0.419. The third kappa shape index (κ3) is 4.53. The van der Waals surface area contributed by atoms with Crippen molar-refractivity contribution in [2.75, 3.05) is 5.73 Å². The van der Waals surface area contributed by atoms with Crippen LogP contribution in [0.5, 0.6) is 11.5 Å². The predicted octanol–water partition coefficient (Wildman–Crippen LogP) is 7.96. The molecule has 3 aromatic rings. The van der Waals surface area contributed by atoms with E-state index in [0.29, 0.717) is 23.3 Å². The van der Waals surface area contributed by atoms with Crippen LogP contribution in [-0.4, -0.2) is 10.2 Å². The normalized spacial score (nSPS) is 17.8. The van der Waals surface area contributed by atoms with Gasteiger partial charge in [0.2, 0.25) is 0 Å². The number of benzene rings is 3. The van der Waals surface area contributed by atoms with Crippen LogP contribution in [0.3, 0.4) is 0 Å². The van der Waals surface area contributed by atoms with Gasteiger partial charge in [0.05, 0.1) is 0 Å². The number of rotatable bonds is 5. The summed E-state index contributed by atoms with van der Waals surface area (Å²) in [6, 6.07) is 20.2. The largest absolute Gasteiger partial charge is 0.508 e. The molecule has 178 valence electrons. The number of nitrogen functional groups attached to an aromatic ring is 1. The standard InChI is InChI=1S/C31H37NO2/c32-24-19-17-23(18-20-24)29(25-13-7-15-27(33)30(25)21-9-3-1-4-10-21)26-14-8-16-28(34)31(26)22-11-5-2-6-12-22/h7-8,13-22,29,33-34H,1-6,9-12,32H2. The van der Waals surface area contributed by atoms with Crippen molar-refractivity contribution < 1.29 is 10.2 Å². The highest BCUT2D eigenvalue weighted by molar-refractivity contribution is 5.57. The van der Waals surface area contributed by atoms with Gasteiger partial charge in [-0.05, 0) is 78.5 Å². The summed E-state index contributed by atoms with van der Waals surface area (Å²) < 4.78 is 0. The monoisotopic (exact) mass is 455 g/mol.